The lowest BCUT2D eigenvalue weighted by atomic mass is 10.0. The van der Waals surface area contributed by atoms with Crippen LogP contribution in [0.4, 0.5) is 0 Å². The van der Waals surface area contributed by atoms with E-state index in [1.165, 1.54) is 13.5 Å². The summed E-state index contributed by atoms with van der Waals surface area (Å²) in [6.07, 6.45) is 4.01. The number of aromatic amines is 1. The van der Waals surface area contributed by atoms with Crippen molar-refractivity contribution in [3.8, 4) is 16.9 Å². The number of halogens is 1. The highest BCUT2D eigenvalue weighted by molar-refractivity contribution is 6.34. The number of ether oxygens (including phenoxy) is 2. The van der Waals surface area contributed by atoms with Gasteiger partial charge in [0.1, 0.15) is 12.4 Å². The van der Waals surface area contributed by atoms with E-state index in [9.17, 15) is 4.79 Å². The molecule has 6 heteroatoms. The molecule has 0 unspecified atom stereocenters. The monoisotopic (exact) mass is 384 g/mol. The minimum absolute atomic E-state index is 0.376. The van der Waals surface area contributed by atoms with Crippen LogP contribution in [0.3, 0.4) is 0 Å². The molecule has 0 bridgehead atoms. The predicted molar refractivity (Wildman–Crippen MR) is 107 cm³/mol. The lowest BCUT2D eigenvalue weighted by Crippen LogP contribution is -2.28. The van der Waals surface area contributed by atoms with Crippen LogP contribution in [0.2, 0.25) is 5.02 Å². The molecule has 1 saturated heterocycles. The third-order valence-corrected chi connectivity index (χ3v) is 5.27. The molecule has 1 aliphatic rings. The molecule has 1 aromatic heterocycles. The zero-order valence-electron chi connectivity index (χ0n) is 15.0. The van der Waals surface area contributed by atoms with E-state index < -0.39 is 0 Å². The van der Waals surface area contributed by atoms with Crippen LogP contribution in [0.15, 0.2) is 42.6 Å². The van der Waals surface area contributed by atoms with Crippen LogP contribution in [-0.2, 0) is 4.74 Å². The van der Waals surface area contributed by atoms with Crippen molar-refractivity contribution in [1.82, 2.24) is 10.3 Å². The number of hydrogen-bond donors (Lipinski definition) is 2. The Bertz CT molecular complexity index is 959. The van der Waals surface area contributed by atoms with Gasteiger partial charge in [0, 0.05) is 28.7 Å². The number of carbonyl (C=O) groups excluding carboxylic acids is 1. The third kappa shape index (κ3) is 3.66. The number of benzene rings is 2. The number of H-pyrrole nitrogens is 1. The SMILES string of the molecule is COC(=O)c1c[nH]c2cc(Cl)c(-c3ccc(OC[C@@H]4CCCN4)cc3)cc12. The molecule has 4 rings (SSSR count). The Morgan fingerprint density at radius 2 is 2.07 bits per heavy atom. The summed E-state index contributed by atoms with van der Waals surface area (Å²) < 4.78 is 10.7. The molecule has 0 saturated carbocycles. The van der Waals surface area contributed by atoms with Gasteiger partial charge in [0.2, 0.25) is 0 Å². The number of fused-ring (bicyclic) bond motifs is 1. The first-order valence-corrected chi connectivity index (χ1v) is 9.39. The topological polar surface area (TPSA) is 63.4 Å². The average Bonchev–Trinajstić information content (AvgIpc) is 3.35. The number of methoxy groups -OCH3 is 1. The van der Waals surface area contributed by atoms with E-state index in [-0.39, 0.29) is 5.97 Å². The number of hydrogen-bond acceptors (Lipinski definition) is 4. The van der Waals surface area contributed by atoms with Crippen molar-refractivity contribution in [3.63, 3.8) is 0 Å². The molecule has 2 heterocycles. The van der Waals surface area contributed by atoms with Crippen molar-refractivity contribution in [3.05, 3.63) is 53.2 Å². The molecule has 27 heavy (non-hydrogen) atoms. The van der Waals surface area contributed by atoms with Crippen molar-refractivity contribution < 1.29 is 14.3 Å². The normalized spacial score (nSPS) is 16.6. The van der Waals surface area contributed by atoms with Crippen molar-refractivity contribution in [2.24, 2.45) is 0 Å². The zero-order chi connectivity index (χ0) is 18.8. The number of carbonyl (C=O) groups is 1. The first-order valence-electron chi connectivity index (χ1n) is 9.01. The second-order valence-corrected chi connectivity index (χ2v) is 7.11. The standard InChI is InChI=1S/C21H21ClN2O3/c1-26-21(25)18-11-24-20-10-19(22)16(9-17(18)20)13-4-6-15(7-5-13)27-12-14-3-2-8-23-14/h4-7,9-11,14,23-24H,2-3,8,12H2,1H3/t14-/m0/s1. The van der Waals surface area contributed by atoms with E-state index in [2.05, 4.69) is 10.3 Å². The average molecular weight is 385 g/mol. The number of rotatable bonds is 5. The summed E-state index contributed by atoms with van der Waals surface area (Å²) in [5.41, 5.74) is 3.12. The lowest BCUT2D eigenvalue weighted by Gasteiger charge is -2.13. The largest absolute Gasteiger partial charge is 0.492 e. The van der Waals surface area contributed by atoms with Gasteiger partial charge in [-0.05, 0) is 49.2 Å². The van der Waals surface area contributed by atoms with E-state index in [1.807, 2.05) is 36.4 Å². The van der Waals surface area contributed by atoms with Crippen LogP contribution in [0.5, 0.6) is 5.75 Å². The van der Waals surface area contributed by atoms with Crippen LogP contribution in [0.1, 0.15) is 23.2 Å². The molecule has 2 N–H and O–H groups in total. The van der Waals surface area contributed by atoms with Gasteiger partial charge in [-0.25, -0.2) is 4.79 Å². The van der Waals surface area contributed by atoms with E-state index >= 15 is 0 Å². The Labute approximate surface area is 162 Å². The molecule has 2 aromatic carbocycles. The minimum Gasteiger partial charge on any atom is -0.492 e. The summed E-state index contributed by atoms with van der Waals surface area (Å²) >= 11 is 6.47. The van der Waals surface area contributed by atoms with Crippen molar-refractivity contribution in [2.75, 3.05) is 20.3 Å². The third-order valence-electron chi connectivity index (χ3n) is 4.95. The highest BCUT2D eigenvalue weighted by Crippen LogP contribution is 2.34. The fourth-order valence-corrected chi connectivity index (χ4v) is 3.74. The quantitative estimate of drug-likeness (QED) is 0.640. The van der Waals surface area contributed by atoms with Gasteiger partial charge in [-0.2, -0.15) is 0 Å². The summed E-state index contributed by atoms with van der Waals surface area (Å²) in [7, 11) is 1.37. The molecule has 5 nitrogen and oxygen atoms in total. The number of esters is 1. The molecule has 0 amide bonds. The molecule has 0 aliphatic carbocycles. The molecule has 1 fully saturated rings. The summed E-state index contributed by atoms with van der Waals surface area (Å²) in [5, 5.41) is 4.82. The van der Waals surface area contributed by atoms with E-state index in [0.717, 1.165) is 40.7 Å². The van der Waals surface area contributed by atoms with Crippen LogP contribution in [0.25, 0.3) is 22.0 Å². The lowest BCUT2D eigenvalue weighted by molar-refractivity contribution is 0.0603. The Balaban J connectivity index is 1.59. The second-order valence-electron chi connectivity index (χ2n) is 6.70. The Morgan fingerprint density at radius 3 is 2.78 bits per heavy atom. The molecular weight excluding hydrogens is 364 g/mol. The Kier molecular flexibility index (Phi) is 5.05. The molecule has 0 spiro atoms. The van der Waals surface area contributed by atoms with Gasteiger partial charge >= 0.3 is 5.97 Å². The van der Waals surface area contributed by atoms with E-state index in [4.69, 9.17) is 21.1 Å². The van der Waals surface area contributed by atoms with Gasteiger partial charge in [-0.1, -0.05) is 23.7 Å². The molecule has 1 atom stereocenters. The second kappa shape index (κ2) is 7.62. The maximum Gasteiger partial charge on any atom is 0.340 e. The van der Waals surface area contributed by atoms with Gasteiger partial charge in [0.15, 0.2) is 0 Å². The van der Waals surface area contributed by atoms with Gasteiger partial charge < -0.3 is 19.8 Å². The molecule has 140 valence electrons. The Hall–Kier alpha value is -2.50. The van der Waals surface area contributed by atoms with Crippen LogP contribution < -0.4 is 10.1 Å². The Morgan fingerprint density at radius 1 is 1.26 bits per heavy atom. The molecule has 1 aliphatic heterocycles. The van der Waals surface area contributed by atoms with Crippen LogP contribution >= 0.6 is 11.6 Å². The predicted octanol–water partition coefficient (Wildman–Crippen LogP) is 4.41. The maximum absolute atomic E-state index is 11.9. The summed E-state index contributed by atoms with van der Waals surface area (Å²) in [4.78, 5) is 15.0. The molecular formula is C21H21ClN2O3. The van der Waals surface area contributed by atoms with E-state index in [0.29, 0.717) is 23.2 Å². The fraction of sp³-hybridized carbons (Fsp3) is 0.286. The number of nitrogens with one attached hydrogen (secondary N) is 2. The fourth-order valence-electron chi connectivity index (χ4n) is 3.47. The molecule has 3 aromatic rings. The van der Waals surface area contributed by atoms with Crippen LogP contribution in [0, 0.1) is 0 Å². The first kappa shape index (κ1) is 17.9. The minimum atomic E-state index is -0.376. The smallest absolute Gasteiger partial charge is 0.340 e. The maximum atomic E-state index is 11.9. The van der Waals surface area contributed by atoms with Crippen molar-refractivity contribution in [2.45, 2.75) is 18.9 Å². The van der Waals surface area contributed by atoms with Gasteiger partial charge in [-0.15, -0.1) is 0 Å². The van der Waals surface area contributed by atoms with Crippen molar-refractivity contribution in [1.29, 1.82) is 0 Å². The van der Waals surface area contributed by atoms with Gasteiger partial charge in [-0.3, -0.25) is 0 Å². The van der Waals surface area contributed by atoms with Crippen molar-refractivity contribution >= 4 is 28.5 Å². The first-order chi connectivity index (χ1) is 13.2. The van der Waals surface area contributed by atoms with Crippen LogP contribution in [-0.4, -0.2) is 37.3 Å². The summed E-state index contributed by atoms with van der Waals surface area (Å²) in [6.45, 7) is 1.75. The zero-order valence-corrected chi connectivity index (χ0v) is 15.8. The van der Waals surface area contributed by atoms with Gasteiger partial charge in [0.25, 0.3) is 0 Å². The highest BCUT2D eigenvalue weighted by Gasteiger charge is 2.16. The molecule has 0 radical (unpaired) electrons. The number of aromatic nitrogens is 1. The van der Waals surface area contributed by atoms with E-state index in [1.54, 1.807) is 6.20 Å². The highest BCUT2D eigenvalue weighted by atomic mass is 35.5. The summed E-state index contributed by atoms with van der Waals surface area (Å²) in [6, 6.07) is 12.0. The summed E-state index contributed by atoms with van der Waals surface area (Å²) in [5.74, 6) is 0.459. The van der Waals surface area contributed by atoms with Gasteiger partial charge in [0.05, 0.1) is 17.7 Å².